The number of carboxylic acids is 1. The number of ether oxygens (including phenoxy) is 1. The number of carboxylic acid groups (broad SMARTS) is 1. The Morgan fingerprint density at radius 1 is 1.24 bits per heavy atom. The molecule has 1 aromatic carbocycles. The van der Waals surface area contributed by atoms with Gasteiger partial charge in [0.1, 0.15) is 5.60 Å². The van der Waals surface area contributed by atoms with E-state index in [-0.39, 0.29) is 11.7 Å². The summed E-state index contributed by atoms with van der Waals surface area (Å²) >= 11 is 0. The van der Waals surface area contributed by atoms with Crippen LogP contribution in [0.25, 0.3) is 5.57 Å². The molecule has 0 bridgehead atoms. The minimum atomic E-state index is -0.970. The van der Waals surface area contributed by atoms with Crippen LogP contribution in [0, 0.1) is 0 Å². The van der Waals surface area contributed by atoms with E-state index in [4.69, 9.17) is 4.74 Å². The fourth-order valence-corrected chi connectivity index (χ4v) is 2.17. The zero-order chi connectivity index (χ0) is 15.6. The lowest BCUT2D eigenvalue weighted by Crippen LogP contribution is -2.35. The Morgan fingerprint density at radius 2 is 1.90 bits per heavy atom. The maximum atomic E-state index is 12.0. The lowest BCUT2D eigenvalue weighted by Gasteiger charge is -2.24. The molecule has 1 N–H and O–H groups in total. The number of carbonyl (C=O) groups is 2. The van der Waals surface area contributed by atoms with Gasteiger partial charge in [0.15, 0.2) is 0 Å². The lowest BCUT2D eigenvalue weighted by atomic mass is 10.0. The highest BCUT2D eigenvalue weighted by Gasteiger charge is 2.26. The molecule has 1 amide bonds. The number of hydrogen-bond acceptors (Lipinski definition) is 3. The van der Waals surface area contributed by atoms with E-state index in [0.717, 1.165) is 5.57 Å². The number of nitrogens with zero attached hydrogens (tertiary/aromatic N) is 1. The van der Waals surface area contributed by atoms with Crippen LogP contribution in [0.1, 0.15) is 36.7 Å². The van der Waals surface area contributed by atoms with E-state index in [1.807, 2.05) is 26.8 Å². The molecule has 0 saturated carbocycles. The number of carbonyl (C=O) groups excluding carboxylic acids is 1. The van der Waals surface area contributed by atoms with Crippen molar-refractivity contribution in [3.8, 4) is 0 Å². The maximum Gasteiger partial charge on any atom is 0.410 e. The molecular weight excluding hydrogens is 270 g/mol. The van der Waals surface area contributed by atoms with E-state index in [2.05, 4.69) is 0 Å². The predicted molar refractivity (Wildman–Crippen MR) is 79.2 cm³/mol. The van der Waals surface area contributed by atoms with Crippen molar-refractivity contribution in [1.29, 1.82) is 0 Å². The first-order valence-electron chi connectivity index (χ1n) is 6.77. The second-order valence-electron chi connectivity index (χ2n) is 5.94. The zero-order valence-electron chi connectivity index (χ0n) is 12.4. The van der Waals surface area contributed by atoms with Crippen molar-refractivity contribution in [2.45, 2.75) is 26.4 Å². The standard InChI is InChI=1S/C16H19NO4/c1-16(2,3)21-15(20)17-9-8-11(10-17)12-6-4-5-7-13(12)14(18)19/h4-8H,9-10H2,1-3H3,(H,18,19). The molecule has 1 aliphatic heterocycles. The van der Waals surface area contributed by atoms with Crippen LogP contribution < -0.4 is 0 Å². The number of aromatic carboxylic acids is 1. The Kier molecular flexibility index (Phi) is 4.02. The van der Waals surface area contributed by atoms with Gasteiger partial charge in [-0.1, -0.05) is 24.3 Å². The van der Waals surface area contributed by atoms with Gasteiger partial charge < -0.3 is 14.7 Å². The third-order valence-electron chi connectivity index (χ3n) is 3.07. The molecule has 0 radical (unpaired) electrons. The molecule has 0 spiro atoms. The first-order valence-corrected chi connectivity index (χ1v) is 6.77. The third-order valence-corrected chi connectivity index (χ3v) is 3.07. The van der Waals surface area contributed by atoms with Crippen LogP contribution in [0.4, 0.5) is 4.79 Å². The summed E-state index contributed by atoms with van der Waals surface area (Å²) < 4.78 is 5.32. The minimum Gasteiger partial charge on any atom is -0.478 e. The van der Waals surface area contributed by atoms with Crippen molar-refractivity contribution in [2.75, 3.05) is 13.1 Å². The van der Waals surface area contributed by atoms with E-state index >= 15 is 0 Å². The van der Waals surface area contributed by atoms with Crippen LogP contribution in [-0.2, 0) is 4.74 Å². The summed E-state index contributed by atoms with van der Waals surface area (Å²) in [5.41, 5.74) is 1.18. The first kappa shape index (κ1) is 15.1. The monoisotopic (exact) mass is 289 g/mol. The van der Waals surface area contributed by atoms with Gasteiger partial charge in [-0.2, -0.15) is 0 Å². The van der Waals surface area contributed by atoms with Gasteiger partial charge in [-0.3, -0.25) is 0 Å². The van der Waals surface area contributed by atoms with Crippen molar-refractivity contribution in [1.82, 2.24) is 4.90 Å². The number of benzene rings is 1. The van der Waals surface area contributed by atoms with Crippen molar-refractivity contribution in [3.63, 3.8) is 0 Å². The number of amides is 1. The van der Waals surface area contributed by atoms with Crippen LogP contribution in [0.15, 0.2) is 30.3 Å². The van der Waals surface area contributed by atoms with E-state index in [0.29, 0.717) is 18.7 Å². The van der Waals surface area contributed by atoms with Crippen LogP contribution in [0.5, 0.6) is 0 Å². The zero-order valence-corrected chi connectivity index (χ0v) is 12.4. The van der Waals surface area contributed by atoms with E-state index in [9.17, 15) is 14.7 Å². The normalized spacial score (nSPS) is 14.8. The average molecular weight is 289 g/mol. The highest BCUT2D eigenvalue weighted by atomic mass is 16.6. The Labute approximate surface area is 123 Å². The van der Waals surface area contributed by atoms with Crippen LogP contribution >= 0.6 is 0 Å². The Morgan fingerprint density at radius 3 is 2.52 bits per heavy atom. The smallest absolute Gasteiger partial charge is 0.410 e. The van der Waals surface area contributed by atoms with Gasteiger partial charge in [0, 0.05) is 13.1 Å². The second-order valence-corrected chi connectivity index (χ2v) is 5.94. The summed E-state index contributed by atoms with van der Waals surface area (Å²) in [6.07, 6.45) is 1.48. The van der Waals surface area contributed by atoms with Gasteiger partial charge in [0.2, 0.25) is 0 Å². The molecule has 21 heavy (non-hydrogen) atoms. The molecule has 1 aromatic rings. The SMILES string of the molecule is CC(C)(C)OC(=O)N1CC=C(c2ccccc2C(=O)O)C1. The molecule has 0 aromatic heterocycles. The summed E-state index contributed by atoms with van der Waals surface area (Å²) in [7, 11) is 0. The molecule has 112 valence electrons. The second kappa shape index (κ2) is 5.60. The molecule has 5 nitrogen and oxygen atoms in total. The minimum absolute atomic E-state index is 0.245. The van der Waals surface area contributed by atoms with Gasteiger partial charge in [-0.15, -0.1) is 0 Å². The van der Waals surface area contributed by atoms with Gasteiger partial charge in [-0.05, 0) is 38.0 Å². The Hall–Kier alpha value is -2.30. The molecule has 0 unspecified atom stereocenters. The highest BCUT2D eigenvalue weighted by Crippen LogP contribution is 2.25. The fraction of sp³-hybridized carbons (Fsp3) is 0.375. The topological polar surface area (TPSA) is 66.8 Å². The summed E-state index contributed by atoms with van der Waals surface area (Å²) in [6.45, 7) is 6.23. The van der Waals surface area contributed by atoms with E-state index in [1.165, 1.54) is 0 Å². The summed E-state index contributed by atoms with van der Waals surface area (Å²) in [6, 6.07) is 6.80. The third kappa shape index (κ3) is 3.62. The predicted octanol–water partition coefficient (Wildman–Crippen LogP) is 3.02. The maximum absolute atomic E-state index is 12.0. The number of rotatable bonds is 2. The van der Waals surface area contributed by atoms with Gasteiger partial charge >= 0.3 is 12.1 Å². The molecule has 0 fully saturated rings. The number of hydrogen-bond donors (Lipinski definition) is 1. The Bertz CT molecular complexity index is 599. The van der Waals surface area contributed by atoms with Gasteiger partial charge in [0.25, 0.3) is 0 Å². The van der Waals surface area contributed by atoms with Gasteiger partial charge in [-0.25, -0.2) is 9.59 Å². The molecule has 5 heteroatoms. The molecule has 2 rings (SSSR count). The van der Waals surface area contributed by atoms with Crippen LogP contribution in [0.2, 0.25) is 0 Å². The largest absolute Gasteiger partial charge is 0.478 e. The lowest BCUT2D eigenvalue weighted by molar-refractivity contribution is 0.0306. The van der Waals surface area contributed by atoms with Crippen molar-refractivity contribution in [2.24, 2.45) is 0 Å². The summed E-state index contributed by atoms with van der Waals surface area (Å²) in [5, 5.41) is 9.22. The van der Waals surface area contributed by atoms with Gasteiger partial charge in [0.05, 0.1) is 5.56 Å². The van der Waals surface area contributed by atoms with Crippen LogP contribution in [0.3, 0.4) is 0 Å². The average Bonchev–Trinajstić information content (AvgIpc) is 2.86. The first-order chi connectivity index (χ1) is 9.78. The van der Waals surface area contributed by atoms with E-state index in [1.54, 1.807) is 29.2 Å². The molecule has 0 atom stereocenters. The highest BCUT2D eigenvalue weighted by molar-refractivity contribution is 5.95. The summed E-state index contributed by atoms with van der Waals surface area (Å²) in [4.78, 5) is 24.8. The quantitative estimate of drug-likeness (QED) is 0.908. The van der Waals surface area contributed by atoms with Crippen LogP contribution in [-0.4, -0.2) is 40.8 Å². The molecule has 0 saturated heterocycles. The molecule has 1 heterocycles. The Balaban J connectivity index is 2.13. The van der Waals surface area contributed by atoms with Crippen molar-refractivity contribution < 1.29 is 19.4 Å². The van der Waals surface area contributed by atoms with E-state index < -0.39 is 11.6 Å². The molecular formula is C16H19NO4. The summed E-state index contributed by atoms with van der Waals surface area (Å²) in [5.74, 6) is -0.970. The van der Waals surface area contributed by atoms with Crippen molar-refractivity contribution in [3.05, 3.63) is 41.5 Å². The molecule has 0 aliphatic carbocycles. The van der Waals surface area contributed by atoms with Crippen molar-refractivity contribution >= 4 is 17.6 Å². The molecule has 1 aliphatic rings. The fourth-order valence-electron chi connectivity index (χ4n) is 2.17.